The second-order valence-electron chi connectivity index (χ2n) is 1.98. The largest absolute Gasteiger partial charge is 0.384 e. The Balaban J connectivity index is 2.22. The molecule has 1 aliphatic rings. The maximum Gasteiger partial charge on any atom is 0.229 e. The standard InChI is InChI=1S/C5H8NO2/c7-3-5(8)4-1-6-2-4/h4-6,8H,1-2H2. The molecule has 3 heteroatoms. The second-order valence-corrected chi connectivity index (χ2v) is 1.98. The van der Waals surface area contributed by atoms with Gasteiger partial charge in [-0.1, -0.05) is 0 Å². The van der Waals surface area contributed by atoms with Crippen LogP contribution in [-0.2, 0) is 4.79 Å². The predicted molar refractivity (Wildman–Crippen MR) is 28.1 cm³/mol. The Morgan fingerprint density at radius 1 is 1.75 bits per heavy atom. The van der Waals surface area contributed by atoms with E-state index in [1.54, 1.807) is 0 Å². The molecule has 1 heterocycles. The van der Waals surface area contributed by atoms with Crippen LogP contribution < -0.4 is 5.32 Å². The SMILES string of the molecule is O=[C]C(O)C1CNC1. The van der Waals surface area contributed by atoms with Crippen molar-refractivity contribution in [3.63, 3.8) is 0 Å². The van der Waals surface area contributed by atoms with Crippen LogP contribution in [0.4, 0.5) is 0 Å². The van der Waals surface area contributed by atoms with Crippen molar-refractivity contribution in [3.05, 3.63) is 0 Å². The summed E-state index contributed by atoms with van der Waals surface area (Å²) in [5, 5.41) is 11.7. The normalized spacial score (nSPS) is 24.1. The summed E-state index contributed by atoms with van der Waals surface area (Å²) < 4.78 is 0. The van der Waals surface area contributed by atoms with Crippen LogP contribution in [0.3, 0.4) is 0 Å². The molecular formula is C5H8NO2. The van der Waals surface area contributed by atoms with E-state index in [0.717, 1.165) is 13.1 Å². The van der Waals surface area contributed by atoms with Crippen LogP contribution in [0.15, 0.2) is 0 Å². The fourth-order valence-electron chi connectivity index (χ4n) is 0.630. The van der Waals surface area contributed by atoms with Crippen molar-refractivity contribution < 1.29 is 9.90 Å². The fourth-order valence-corrected chi connectivity index (χ4v) is 0.630. The smallest absolute Gasteiger partial charge is 0.229 e. The van der Waals surface area contributed by atoms with Crippen molar-refractivity contribution >= 4 is 6.29 Å². The zero-order valence-corrected chi connectivity index (χ0v) is 4.42. The molecule has 2 N–H and O–H groups in total. The maximum absolute atomic E-state index is 9.74. The molecule has 0 aliphatic carbocycles. The van der Waals surface area contributed by atoms with E-state index in [2.05, 4.69) is 5.32 Å². The van der Waals surface area contributed by atoms with Gasteiger partial charge < -0.3 is 10.4 Å². The summed E-state index contributed by atoms with van der Waals surface area (Å²) in [6.45, 7) is 1.49. The van der Waals surface area contributed by atoms with Crippen molar-refractivity contribution in [1.29, 1.82) is 0 Å². The monoisotopic (exact) mass is 114 g/mol. The van der Waals surface area contributed by atoms with E-state index < -0.39 is 6.10 Å². The number of hydrogen-bond donors (Lipinski definition) is 2. The van der Waals surface area contributed by atoms with Gasteiger partial charge in [0.25, 0.3) is 0 Å². The number of carbonyl (C=O) groups excluding carboxylic acids is 1. The maximum atomic E-state index is 9.74. The van der Waals surface area contributed by atoms with Gasteiger partial charge >= 0.3 is 0 Å². The Bertz CT molecular complexity index is 90.4. The average molecular weight is 114 g/mol. The van der Waals surface area contributed by atoms with Gasteiger partial charge in [-0.2, -0.15) is 0 Å². The van der Waals surface area contributed by atoms with E-state index in [0.29, 0.717) is 0 Å². The van der Waals surface area contributed by atoms with E-state index in [4.69, 9.17) is 5.11 Å². The number of aliphatic hydroxyl groups is 1. The highest BCUT2D eigenvalue weighted by atomic mass is 16.3. The highest BCUT2D eigenvalue weighted by Gasteiger charge is 2.24. The molecule has 0 amide bonds. The van der Waals surface area contributed by atoms with Gasteiger partial charge in [-0.3, -0.25) is 4.79 Å². The van der Waals surface area contributed by atoms with Crippen molar-refractivity contribution in [3.8, 4) is 0 Å². The van der Waals surface area contributed by atoms with Gasteiger partial charge in [0.05, 0.1) is 0 Å². The molecule has 0 aromatic carbocycles. The molecule has 0 aromatic heterocycles. The molecule has 1 fully saturated rings. The molecule has 0 saturated carbocycles. The Morgan fingerprint density at radius 3 is 2.50 bits per heavy atom. The Morgan fingerprint density at radius 2 is 2.38 bits per heavy atom. The minimum absolute atomic E-state index is 0.118. The summed E-state index contributed by atoms with van der Waals surface area (Å²) in [6.07, 6.45) is 0.668. The predicted octanol–water partition coefficient (Wildman–Crippen LogP) is -1.32. The molecule has 45 valence electrons. The van der Waals surface area contributed by atoms with E-state index in [1.807, 2.05) is 0 Å². The third-order valence-electron chi connectivity index (χ3n) is 1.38. The van der Waals surface area contributed by atoms with Gasteiger partial charge in [-0.05, 0) is 0 Å². The Labute approximate surface area is 47.7 Å². The lowest BCUT2D eigenvalue weighted by molar-refractivity contribution is 0.128. The van der Waals surface area contributed by atoms with Gasteiger partial charge in [-0.15, -0.1) is 0 Å². The van der Waals surface area contributed by atoms with Crippen LogP contribution in [0.25, 0.3) is 0 Å². The molecule has 1 atom stereocenters. The van der Waals surface area contributed by atoms with Crippen molar-refractivity contribution in [1.82, 2.24) is 5.32 Å². The van der Waals surface area contributed by atoms with E-state index in [1.165, 1.54) is 6.29 Å². The van der Waals surface area contributed by atoms with Crippen LogP contribution in [0.2, 0.25) is 0 Å². The third kappa shape index (κ3) is 0.877. The summed E-state index contributed by atoms with van der Waals surface area (Å²) in [5.41, 5.74) is 0. The zero-order valence-electron chi connectivity index (χ0n) is 4.42. The topological polar surface area (TPSA) is 49.3 Å². The minimum Gasteiger partial charge on any atom is -0.384 e. The minimum atomic E-state index is -0.865. The van der Waals surface area contributed by atoms with Crippen molar-refractivity contribution in [2.24, 2.45) is 5.92 Å². The van der Waals surface area contributed by atoms with Crippen LogP contribution in [0, 0.1) is 5.92 Å². The second kappa shape index (κ2) is 2.24. The lowest BCUT2D eigenvalue weighted by Crippen LogP contribution is -2.48. The van der Waals surface area contributed by atoms with Crippen LogP contribution in [0.1, 0.15) is 0 Å². The Kier molecular flexibility index (Phi) is 1.60. The van der Waals surface area contributed by atoms with E-state index in [-0.39, 0.29) is 5.92 Å². The number of nitrogens with one attached hydrogen (secondary N) is 1. The first-order valence-corrected chi connectivity index (χ1v) is 2.61. The van der Waals surface area contributed by atoms with Crippen molar-refractivity contribution in [2.75, 3.05) is 13.1 Å². The molecule has 1 radical (unpaired) electrons. The van der Waals surface area contributed by atoms with E-state index >= 15 is 0 Å². The zero-order chi connectivity index (χ0) is 5.98. The first kappa shape index (κ1) is 5.72. The van der Waals surface area contributed by atoms with Gasteiger partial charge in [0.1, 0.15) is 6.10 Å². The average Bonchev–Trinajstić information content (AvgIpc) is 1.62. The molecule has 0 bridgehead atoms. The summed E-state index contributed by atoms with van der Waals surface area (Å²) >= 11 is 0. The lowest BCUT2D eigenvalue weighted by Gasteiger charge is -2.27. The van der Waals surface area contributed by atoms with Crippen LogP contribution >= 0.6 is 0 Å². The Hall–Kier alpha value is -0.410. The van der Waals surface area contributed by atoms with Gasteiger partial charge in [-0.25, -0.2) is 0 Å². The number of aliphatic hydroxyl groups excluding tert-OH is 1. The molecule has 0 aromatic rings. The summed E-state index contributed by atoms with van der Waals surface area (Å²) in [4.78, 5) is 9.74. The quantitative estimate of drug-likeness (QED) is 0.468. The summed E-state index contributed by atoms with van der Waals surface area (Å²) in [5.74, 6) is 0.118. The summed E-state index contributed by atoms with van der Waals surface area (Å²) in [6, 6.07) is 0. The number of rotatable bonds is 2. The van der Waals surface area contributed by atoms with E-state index in [9.17, 15) is 4.79 Å². The lowest BCUT2D eigenvalue weighted by atomic mass is 9.98. The summed E-state index contributed by atoms with van der Waals surface area (Å²) in [7, 11) is 0. The highest BCUT2D eigenvalue weighted by Crippen LogP contribution is 2.05. The van der Waals surface area contributed by atoms with Crippen LogP contribution in [0.5, 0.6) is 0 Å². The van der Waals surface area contributed by atoms with Gasteiger partial charge in [0, 0.05) is 19.0 Å². The molecule has 1 rings (SSSR count). The molecular weight excluding hydrogens is 106 g/mol. The third-order valence-corrected chi connectivity index (χ3v) is 1.38. The molecule has 8 heavy (non-hydrogen) atoms. The molecule has 3 nitrogen and oxygen atoms in total. The first-order chi connectivity index (χ1) is 3.84. The van der Waals surface area contributed by atoms with Gasteiger partial charge in [0.15, 0.2) is 0 Å². The molecule has 1 saturated heterocycles. The fraction of sp³-hybridized carbons (Fsp3) is 0.800. The first-order valence-electron chi connectivity index (χ1n) is 2.61. The molecule has 0 spiro atoms. The molecule has 1 unspecified atom stereocenters. The van der Waals surface area contributed by atoms with Gasteiger partial charge in [0.2, 0.25) is 6.29 Å². The van der Waals surface area contributed by atoms with Crippen molar-refractivity contribution in [2.45, 2.75) is 6.10 Å². The highest BCUT2D eigenvalue weighted by molar-refractivity contribution is 5.57. The van der Waals surface area contributed by atoms with Crippen LogP contribution in [-0.4, -0.2) is 30.6 Å². The molecule has 1 aliphatic heterocycles. The number of hydrogen-bond acceptors (Lipinski definition) is 3.